The number of carboxylic acids is 1. The lowest BCUT2D eigenvalue weighted by atomic mass is 9.79. The van der Waals surface area contributed by atoms with Gasteiger partial charge in [-0.3, -0.25) is 4.90 Å². The maximum Gasteiger partial charge on any atom is 0.331 e. The molecule has 0 aliphatic carbocycles. The summed E-state index contributed by atoms with van der Waals surface area (Å²) in [6, 6.07) is 27.2. The van der Waals surface area contributed by atoms with Gasteiger partial charge >= 0.3 is 18.0 Å². The summed E-state index contributed by atoms with van der Waals surface area (Å²) < 4.78 is 0. The number of para-hydroxylation sites is 2. The molecule has 190 valence electrons. The molecule has 0 saturated carbocycles. The number of fused-ring (bicyclic) bond motifs is 3. The molecule has 3 fully saturated rings. The fourth-order valence-electron chi connectivity index (χ4n) is 5.41. The predicted octanol–water partition coefficient (Wildman–Crippen LogP) is 4.80. The van der Waals surface area contributed by atoms with Gasteiger partial charge in [0.15, 0.2) is 5.54 Å². The highest BCUT2D eigenvalue weighted by Crippen LogP contribution is 2.40. The summed E-state index contributed by atoms with van der Waals surface area (Å²) in [5.74, 6) is -1.09. The van der Waals surface area contributed by atoms with Crippen molar-refractivity contribution in [3.05, 3.63) is 96.6 Å². The van der Waals surface area contributed by atoms with Gasteiger partial charge in [-0.2, -0.15) is 0 Å². The molecule has 3 saturated heterocycles. The zero-order valence-electron chi connectivity index (χ0n) is 20.7. The lowest BCUT2D eigenvalue weighted by Gasteiger charge is -2.57. The number of hydrogen-bond donors (Lipinski definition) is 1. The average molecular weight is 499 g/mol. The molecule has 4 amide bonds. The normalized spacial score (nSPS) is 20.4. The standard InChI is InChI=1S/C29H30N4O4/c1-30(19-22-11-5-2-6-12-22)27(36)31-21-29(26(34)35)18-17-25(31)20-32(29)28(37)33(23-13-7-3-8-14-23)24-15-9-4-10-16-24/h2-16,25H,17-21H2,1H3,(H,34,35)/t25-,29+/m0/s1. The van der Waals surface area contributed by atoms with E-state index in [9.17, 15) is 19.5 Å². The van der Waals surface area contributed by atoms with Gasteiger partial charge in [-0.1, -0.05) is 66.7 Å². The van der Waals surface area contributed by atoms with Crippen molar-refractivity contribution in [2.45, 2.75) is 31.0 Å². The molecule has 0 radical (unpaired) electrons. The van der Waals surface area contributed by atoms with E-state index in [1.807, 2.05) is 91.0 Å². The monoisotopic (exact) mass is 498 g/mol. The number of carboxylic acid groups (broad SMARTS) is 1. The third-order valence-corrected chi connectivity index (χ3v) is 7.36. The summed E-state index contributed by atoms with van der Waals surface area (Å²) in [5, 5.41) is 10.5. The first-order chi connectivity index (χ1) is 17.9. The summed E-state index contributed by atoms with van der Waals surface area (Å²) in [4.78, 5) is 46.7. The minimum absolute atomic E-state index is 0.0475. The predicted molar refractivity (Wildman–Crippen MR) is 141 cm³/mol. The van der Waals surface area contributed by atoms with E-state index in [0.717, 1.165) is 5.56 Å². The van der Waals surface area contributed by atoms with Gasteiger partial charge in [-0.05, 0) is 42.7 Å². The van der Waals surface area contributed by atoms with Gasteiger partial charge in [0.1, 0.15) is 0 Å². The first kappa shape index (κ1) is 24.4. The highest BCUT2D eigenvalue weighted by molar-refractivity contribution is 6.02. The summed E-state index contributed by atoms with van der Waals surface area (Å²) in [7, 11) is 1.72. The van der Waals surface area contributed by atoms with E-state index in [0.29, 0.717) is 30.8 Å². The Bertz CT molecular complexity index is 1230. The van der Waals surface area contributed by atoms with Crippen molar-refractivity contribution in [1.29, 1.82) is 0 Å². The van der Waals surface area contributed by atoms with Crippen LogP contribution in [0, 0.1) is 0 Å². The number of anilines is 2. The van der Waals surface area contributed by atoms with Crippen molar-refractivity contribution < 1.29 is 19.5 Å². The molecule has 8 nitrogen and oxygen atoms in total. The minimum Gasteiger partial charge on any atom is -0.479 e. The molecular weight excluding hydrogens is 468 g/mol. The quantitative estimate of drug-likeness (QED) is 0.548. The number of rotatable bonds is 5. The van der Waals surface area contributed by atoms with Crippen LogP contribution in [-0.2, 0) is 11.3 Å². The van der Waals surface area contributed by atoms with Gasteiger partial charge in [0, 0.05) is 20.1 Å². The van der Waals surface area contributed by atoms with Gasteiger partial charge in [0.2, 0.25) is 0 Å². The number of carbonyl (C=O) groups is 3. The second-order valence-corrected chi connectivity index (χ2v) is 9.68. The van der Waals surface area contributed by atoms with E-state index >= 15 is 0 Å². The van der Waals surface area contributed by atoms with E-state index in [-0.39, 0.29) is 25.2 Å². The third kappa shape index (κ3) is 4.50. The van der Waals surface area contributed by atoms with Crippen LogP contribution < -0.4 is 4.90 Å². The van der Waals surface area contributed by atoms with E-state index < -0.39 is 17.5 Å². The van der Waals surface area contributed by atoms with Gasteiger partial charge in [0.25, 0.3) is 0 Å². The number of carbonyl (C=O) groups excluding carboxylic acids is 2. The second kappa shape index (κ2) is 9.97. The number of nitrogens with zero attached hydrogens (tertiary/aromatic N) is 4. The number of amides is 4. The van der Waals surface area contributed by atoms with Crippen LogP contribution in [-0.4, -0.2) is 69.6 Å². The zero-order chi connectivity index (χ0) is 26.0. The number of urea groups is 2. The summed E-state index contributed by atoms with van der Waals surface area (Å²) >= 11 is 0. The van der Waals surface area contributed by atoms with Crippen molar-refractivity contribution in [3.8, 4) is 0 Å². The molecule has 3 aliphatic rings. The fraction of sp³-hybridized carbons (Fsp3) is 0.276. The molecule has 37 heavy (non-hydrogen) atoms. The van der Waals surface area contributed by atoms with E-state index in [1.165, 1.54) is 4.90 Å². The maximum absolute atomic E-state index is 14.1. The Hall–Kier alpha value is -4.33. The fourth-order valence-corrected chi connectivity index (χ4v) is 5.41. The molecule has 3 aromatic carbocycles. The van der Waals surface area contributed by atoms with E-state index in [2.05, 4.69) is 0 Å². The number of hydrogen-bond acceptors (Lipinski definition) is 3. The Morgan fingerprint density at radius 3 is 1.95 bits per heavy atom. The van der Waals surface area contributed by atoms with Crippen LogP contribution in [0.15, 0.2) is 91.0 Å². The molecule has 6 rings (SSSR count). The molecule has 0 spiro atoms. The number of benzene rings is 3. The van der Waals surface area contributed by atoms with Crippen LogP contribution in [0.5, 0.6) is 0 Å². The molecule has 0 aromatic heterocycles. The summed E-state index contributed by atoms with van der Waals surface area (Å²) in [6.45, 7) is 0.530. The maximum atomic E-state index is 14.1. The smallest absolute Gasteiger partial charge is 0.331 e. The van der Waals surface area contributed by atoms with Gasteiger partial charge < -0.3 is 19.8 Å². The molecule has 0 unspecified atom stereocenters. The molecule has 1 N–H and O–H groups in total. The van der Waals surface area contributed by atoms with E-state index in [1.54, 1.807) is 21.7 Å². The zero-order valence-corrected chi connectivity index (χ0v) is 20.7. The Morgan fingerprint density at radius 1 is 0.865 bits per heavy atom. The van der Waals surface area contributed by atoms with Gasteiger partial charge in [-0.25, -0.2) is 14.4 Å². The average Bonchev–Trinajstić information content (AvgIpc) is 2.94. The summed E-state index contributed by atoms with van der Waals surface area (Å²) in [5.41, 5.74) is 0.788. The largest absolute Gasteiger partial charge is 0.479 e. The minimum atomic E-state index is -1.50. The van der Waals surface area contributed by atoms with Crippen molar-refractivity contribution >= 4 is 29.4 Å². The third-order valence-electron chi connectivity index (χ3n) is 7.36. The Kier molecular flexibility index (Phi) is 6.56. The topological polar surface area (TPSA) is 84.4 Å². The van der Waals surface area contributed by atoms with Crippen LogP contribution in [0.1, 0.15) is 18.4 Å². The van der Waals surface area contributed by atoms with Crippen molar-refractivity contribution in [1.82, 2.24) is 14.7 Å². The molecule has 3 aromatic rings. The van der Waals surface area contributed by atoms with Gasteiger partial charge in [-0.15, -0.1) is 0 Å². The Morgan fingerprint density at radius 2 is 1.41 bits per heavy atom. The van der Waals surface area contributed by atoms with Crippen LogP contribution in [0.3, 0.4) is 0 Å². The molecule has 3 heterocycles. The van der Waals surface area contributed by atoms with Crippen molar-refractivity contribution in [2.24, 2.45) is 0 Å². The highest BCUT2D eigenvalue weighted by Gasteiger charge is 2.58. The SMILES string of the molecule is CN(Cc1ccccc1)C(=O)N1C[C@@]2(C(=O)O)CC[C@H]1CN2C(=O)N(c1ccccc1)c1ccccc1. The van der Waals surface area contributed by atoms with Crippen LogP contribution in [0.2, 0.25) is 0 Å². The summed E-state index contributed by atoms with van der Waals surface area (Å²) in [6.07, 6.45) is 0.819. The molecule has 3 aliphatic heterocycles. The molecule has 2 bridgehead atoms. The van der Waals surface area contributed by atoms with Crippen LogP contribution >= 0.6 is 0 Å². The first-order valence-corrected chi connectivity index (χ1v) is 12.4. The van der Waals surface area contributed by atoms with Crippen LogP contribution in [0.25, 0.3) is 0 Å². The second-order valence-electron chi connectivity index (χ2n) is 9.68. The highest BCUT2D eigenvalue weighted by atomic mass is 16.4. The molecule has 8 heteroatoms. The Labute approximate surface area is 216 Å². The molecular formula is C29H30N4O4. The lowest BCUT2D eigenvalue weighted by Crippen LogP contribution is -2.76. The number of piperidine rings is 2. The Balaban J connectivity index is 1.44. The van der Waals surface area contributed by atoms with E-state index in [4.69, 9.17) is 0 Å². The van der Waals surface area contributed by atoms with Gasteiger partial charge in [0.05, 0.1) is 24.0 Å². The number of aliphatic carboxylic acids is 1. The van der Waals surface area contributed by atoms with Crippen molar-refractivity contribution in [3.63, 3.8) is 0 Å². The first-order valence-electron chi connectivity index (χ1n) is 12.4. The number of piperazine rings is 1. The van der Waals surface area contributed by atoms with Crippen LogP contribution in [0.4, 0.5) is 21.0 Å². The van der Waals surface area contributed by atoms with Crippen molar-refractivity contribution in [2.75, 3.05) is 25.0 Å². The lowest BCUT2D eigenvalue weighted by molar-refractivity contribution is -0.160. The molecule has 2 atom stereocenters.